The fourth-order valence-corrected chi connectivity index (χ4v) is 2.04. The van der Waals surface area contributed by atoms with Crippen LogP contribution in [0.5, 0.6) is 5.75 Å². The number of hydrazine groups is 1. The van der Waals surface area contributed by atoms with Gasteiger partial charge < -0.3 is 4.74 Å². The summed E-state index contributed by atoms with van der Waals surface area (Å²) >= 11 is 5.98. The van der Waals surface area contributed by atoms with E-state index in [-0.39, 0.29) is 6.04 Å². The van der Waals surface area contributed by atoms with Crippen LogP contribution < -0.4 is 16.0 Å². The second-order valence-electron chi connectivity index (χ2n) is 3.87. The minimum atomic E-state index is 0.152. The summed E-state index contributed by atoms with van der Waals surface area (Å²) in [6.45, 7) is 0. The van der Waals surface area contributed by atoms with E-state index in [1.807, 2.05) is 18.2 Å². The predicted molar refractivity (Wildman–Crippen MR) is 60.8 cm³/mol. The van der Waals surface area contributed by atoms with Crippen LogP contribution in [0.2, 0.25) is 5.02 Å². The first-order valence-corrected chi connectivity index (χ1v) is 5.43. The molecule has 0 heterocycles. The Labute approximate surface area is 94.5 Å². The van der Waals surface area contributed by atoms with Crippen LogP contribution in [0.3, 0.4) is 0 Å². The van der Waals surface area contributed by atoms with E-state index in [1.54, 1.807) is 7.11 Å². The second kappa shape index (κ2) is 4.39. The fraction of sp³-hybridized carbons (Fsp3) is 0.455. The highest BCUT2D eigenvalue weighted by atomic mass is 35.5. The number of hydrogen-bond donors (Lipinski definition) is 2. The SMILES string of the molecule is COc1ccc(Cl)cc1C(NN)C1CC1. The average molecular weight is 227 g/mol. The highest BCUT2D eigenvalue weighted by molar-refractivity contribution is 6.30. The normalized spacial score (nSPS) is 17.5. The number of ether oxygens (including phenoxy) is 1. The van der Waals surface area contributed by atoms with Crippen molar-refractivity contribution in [2.45, 2.75) is 18.9 Å². The molecule has 0 aromatic heterocycles. The number of benzene rings is 1. The first-order valence-electron chi connectivity index (χ1n) is 5.06. The molecule has 15 heavy (non-hydrogen) atoms. The zero-order chi connectivity index (χ0) is 10.8. The van der Waals surface area contributed by atoms with Gasteiger partial charge in [-0.25, -0.2) is 0 Å². The minimum absolute atomic E-state index is 0.152. The van der Waals surface area contributed by atoms with E-state index in [0.29, 0.717) is 10.9 Å². The molecule has 0 radical (unpaired) electrons. The van der Waals surface area contributed by atoms with Gasteiger partial charge in [0, 0.05) is 10.6 Å². The molecule has 0 bridgehead atoms. The van der Waals surface area contributed by atoms with E-state index in [2.05, 4.69) is 5.43 Å². The standard InChI is InChI=1S/C11H15ClN2O/c1-15-10-5-4-8(12)6-9(10)11(14-13)7-2-3-7/h4-7,11,14H,2-3,13H2,1H3. The van der Waals surface area contributed by atoms with Crippen molar-refractivity contribution in [2.24, 2.45) is 11.8 Å². The molecular weight excluding hydrogens is 212 g/mol. The van der Waals surface area contributed by atoms with Crippen molar-refractivity contribution < 1.29 is 4.74 Å². The Balaban J connectivity index is 2.34. The quantitative estimate of drug-likeness (QED) is 0.612. The van der Waals surface area contributed by atoms with Gasteiger partial charge in [-0.3, -0.25) is 11.3 Å². The van der Waals surface area contributed by atoms with Crippen LogP contribution in [0.4, 0.5) is 0 Å². The first-order chi connectivity index (χ1) is 7.26. The van der Waals surface area contributed by atoms with Crippen LogP contribution in [0, 0.1) is 5.92 Å². The van der Waals surface area contributed by atoms with Crippen molar-refractivity contribution in [1.29, 1.82) is 0 Å². The van der Waals surface area contributed by atoms with Gasteiger partial charge >= 0.3 is 0 Å². The number of halogens is 1. The molecule has 3 N–H and O–H groups in total. The van der Waals surface area contributed by atoms with Crippen molar-refractivity contribution in [1.82, 2.24) is 5.43 Å². The Kier molecular flexibility index (Phi) is 3.14. The zero-order valence-electron chi connectivity index (χ0n) is 8.66. The molecule has 0 amide bonds. The zero-order valence-corrected chi connectivity index (χ0v) is 9.42. The summed E-state index contributed by atoms with van der Waals surface area (Å²) in [5.74, 6) is 7.03. The summed E-state index contributed by atoms with van der Waals surface area (Å²) in [6, 6.07) is 5.77. The molecule has 1 saturated carbocycles. The summed E-state index contributed by atoms with van der Waals surface area (Å²) < 4.78 is 5.31. The molecule has 1 fully saturated rings. The number of methoxy groups -OCH3 is 1. The fourth-order valence-electron chi connectivity index (χ4n) is 1.86. The van der Waals surface area contributed by atoms with Gasteiger partial charge in [0.15, 0.2) is 0 Å². The summed E-state index contributed by atoms with van der Waals surface area (Å²) in [5.41, 5.74) is 3.89. The van der Waals surface area contributed by atoms with Crippen LogP contribution >= 0.6 is 11.6 Å². The third kappa shape index (κ3) is 2.25. The molecule has 1 atom stereocenters. The summed E-state index contributed by atoms with van der Waals surface area (Å²) in [4.78, 5) is 0. The second-order valence-corrected chi connectivity index (χ2v) is 4.30. The molecule has 0 saturated heterocycles. The van der Waals surface area contributed by atoms with Gasteiger partial charge in [0.25, 0.3) is 0 Å². The number of hydrogen-bond acceptors (Lipinski definition) is 3. The summed E-state index contributed by atoms with van der Waals surface area (Å²) in [5, 5.41) is 0.715. The van der Waals surface area contributed by atoms with Crippen LogP contribution in [-0.4, -0.2) is 7.11 Å². The lowest BCUT2D eigenvalue weighted by molar-refractivity contribution is 0.392. The molecule has 3 nitrogen and oxygen atoms in total. The van der Waals surface area contributed by atoms with Crippen LogP contribution in [-0.2, 0) is 0 Å². The van der Waals surface area contributed by atoms with E-state index >= 15 is 0 Å². The molecule has 4 heteroatoms. The van der Waals surface area contributed by atoms with Gasteiger partial charge in [0.05, 0.1) is 13.2 Å². The van der Waals surface area contributed by atoms with Crippen LogP contribution in [0.15, 0.2) is 18.2 Å². The molecule has 82 valence electrons. The van der Waals surface area contributed by atoms with Gasteiger partial charge in [0.2, 0.25) is 0 Å². The Morgan fingerprint density at radius 1 is 1.53 bits per heavy atom. The maximum absolute atomic E-state index is 5.98. The number of nitrogens with two attached hydrogens (primary N) is 1. The van der Waals surface area contributed by atoms with E-state index < -0.39 is 0 Å². The first kappa shape index (κ1) is 10.7. The maximum Gasteiger partial charge on any atom is 0.123 e. The molecule has 0 aliphatic heterocycles. The molecule has 1 aliphatic carbocycles. The topological polar surface area (TPSA) is 47.3 Å². The van der Waals surface area contributed by atoms with Crippen molar-refractivity contribution in [3.05, 3.63) is 28.8 Å². The molecular formula is C11H15ClN2O. The van der Waals surface area contributed by atoms with Gasteiger partial charge in [-0.05, 0) is 37.0 Å². The monoisotopic (exact) mass is 226 g/mol. The van der Waals surface area contributed by atoms with Crippen molar-refractivity contribution in [2.75, 3.05) is 7.11 Å². The molecule has 1 aliphatic rings. The molecule has 1 unspecified atom stereocenters. The average Bonchev–Trinajstić information content (AvgIpc) is 3.04. The highest BCUT2D eigenvalue weighted by Gasteiger charge is 2.33. The third-order valence-electron chi connectivity index (χ3n) is 2.80. The Bertz CT molecular complexity index is 352. The smallest absolute Gasteiger partial charge is 0.123 e. The summed E-state index contributed by atoms with van der Waals surface area (Å²) in [7, 11) is 1.66. The van der Waals surface area contributed by atoms with Crippen molar-refractivity contribution in [3.63, 3.8) is 0 Å². The van der Waals surface area contributed by atoms with E-state index in [9.17, 15) is 0 Å². The lowest BCUT2D eigenvalue weighted by Gasteiger charge is -2.18. The number of nitrogens with one attached hydrogen (secondary N) is 1. The van der Waals surface area contributed by atoms with Crippen molar-refractivity contribution in [3.8, 4) is 5.75 Å². The highest BCUT2D eigenvalue weighted by Crippen LogP contribution is 2.43. The Morgan fingerprint density at radius 3 is 2.80 bits per heavy atom. The largest absolute Gasteiger partial charge is 0.496 e. The van der Waals surface area contributed by atoms with E-state index in [1.165, 1.54) is 12.8 Å². The van der Waals surface area contributed by atoms with Gasteiger partial charge in [-0.1, -0.05) is 11.6 Å². The van der Waals surface area contributed by atoms with Gasteiger partial charge in [-0.2, -0.15) is 0 Å². The van der Waals surface area contributed by atoms with Gasteiger partial charge in [-0.15, -0.1) is 0 Å². The van der Waals surface area contributed by atoms with Gasteiger partial charge in [0.1, 0.15) is 5.75 Å². The lowest BCUT2D eigenvalue weighted by Crippen LogP contribution is -2.29. The minimum Gasteiger partial charge on any atom is -0.496 e. The summed E-state index contributed by atoms with van der Waals surface area (Å²) in [6.07, 6.45) is 2.43. The van der Waals surface area contributed by atoms with E-state index in [0.717, 1.165) is 11.3 Å². The molecule has 0 spiro atoms. The van der Waals surface area contributed by atoms with E-state index in [4.69, 9.17) is 22.2 Å². The lowest BCUT2D eigenvalue weighted by atomic mass is 10.0. The maximum atomic E-state index is 5.98. The Hall–Kier alpha value is -0.770. The van der Waals surface area contributed by atoms with Crippen LogP contribution in [0.1, 0.15) is 24.4 Å². The number of rotatable bonds is 4. The molecule has 1 aromatic carbocycles. The predicted octanol–water partition coefficient (Wildman–Crippen LogP) is 2.26. The van der Waals surface area contributed by atoms with Crippen molar-refractivity contribution >= 4 is 11.6 Å². The molecule has 1 aromatic rings. The third-order valence-corrected chi connectivity index (χ3v) is 3.03. The molecule has 2 rings (SSSR count). The van der Waals surface area contributed by atoms with Crippen LogP contribution in [0.25, 0.3) is 0 Å². The Morgan fingerprint density at radius 2 is 2.27 bits per heavy atom.